The number of hydrogen-bond donors (Lipinski definition) is 2. The Morgan fingerprint density at radius 2 is 1.93 bits per heavy atom. The monoisotopic (exact) mass is 198 g/mol. The predicted octanol–water partition coefficient (Wildman–Crippen LogP) is 0.584. The van der Waals surface area contributed by atoms with Gasteiger partial charge in [0.15, 0.2) is 0 Å². The number of nitrogens with zero attached hydrogens (tertiary/aromatic N) is 1. The lowest BCUT2D eigenvalue weighted by Gasteiger charge is -2.39. The van der Waals surface area contributed by atoms with Gasteiger partial charge in [-0.2, -0.15) is 0 Å². The largest absolute Gasteiger partial charge is 0.388 e. The van der Waals surface area contributed by atoms with Crippen molar-refractivity contribution in [3.63, 3.8) is 0 Å². The first-order chi connectivity index (χ1) is 6.61. The zero-order valence-electron chi connectivity index (χ0n) is 9.29. The Balaban J connectivity index is 1.95. The van der Waals surface area contributed by atoms with E-state index in [4.69, 9.17) is 0 Å². The minimum absolute atomic E-state index is 0.429. The Morgan fingerprint density at radius 1 is 1.36 bits per heavy atom. The number of piperidine rings is 1. The van der Waals surface area contributed by atoms with Gasteiger partial charge in [0, 0.05) is 18.6 Å². The highest BCUT2D eigenvalue weighted by atomic mass is 16.3. The summed E-state index contributed by atoms with van der Waals surface area (Å²) in [5.41, 5.74) is -0.429. The molecule has 0 aliphatic carbocycles. The maximum Gasteiger partial charge on any atom is 0.0803 e. The van der Waals surface area contributed by atoms with Gasteiger partial charge in [-0.1, -0.05) is 6.92 Å². The molecule has 2 N–H and O–H groups in total. The van der Waals surface area contributed by atoms with Crippen LogP contribution in [0.15, 0.2) is 0 Å². The van der Waals surface area contributed by atoms with Crippen molar-refractivity contribution in [2.45, 2.75) is 50.3 Å². The first-order valence-corrected chi connectivity index (χ1v) is 5.78. The van der Waals surface area contributed by atoms with Crippen molar-refractivity contribution in [2.24, 2.45) is 0 Å². The molecule has 3 nitrogen and oxygen atoms in total. The second-order valence-electron chi connectivity index (χ2n) is 5.10. The maximum atomic E-state index is 10.5. The van der Waals surface area contributed by atoms with Gasteiger partial charge in [-0.15, -0.1) is 0 Å². The molecule has 2 aliphatic rings. The SMILES string of the molecule is CCN(C)CC1(O)CC2CCC(C1)N2. The highest BCUT2D eigenvalue weighted by Gasteiger charge is 2.42. The van der Waals surface area contributed by atoms with Crippen LogP contribution in [-0.4, -0.2) is 47.8 Å². The molecule has 2 atom stereocenters. The molecule has 0 aromatic carbocycles. The number of rotatable bonds is 3. The van der Waals surface area contributed by atoms with E-state index in [2.05, 4.69) is 24.2 Å². The fourth-order valence-corrected chi connectivity index (χ4v) is 2.97. The van der Waals surface area contributed by atoms with E-state index in [0.29, 0.717) is 12.1 Å². The van der Waals surface area contributed by atoms with Crippen molar-refractivity contribution in [3.05, 3.63) is 0 Å². The van der Waals surface area contributed by atoms with E-state index in [0.717, 1.165) is 25.9 Å². The number of likely N-dealkylation sites (N-methyl/N-ethyl adjacent to an activating group) is 1. The van der Waals surface area contributed by atoms with Crippen molar-refractivity contribution < 1.29 is 5.11 Å². The summed E-state index contributed by atoms with van der Waals surface area (Å²) in [6, 6.07) is 1.15. The average Bonchev–Trinajstić information content (AvgIpc) is 2.45. The van der Waals surface area contributed by atoms with Crippen molar-refractivity contribution in [1.29, 1.82) is 0 Å². The summed E-state index contributed by atoms with van der Waals surface area (Å²) in [4.78, 5) is 2.21. The van der Waals surface area contributed by atoms with E-state index < -0.39 is 5.60 Å². The average molecular weight is 198 g/mol. The van der Waals surface area contributed by atoms with E-state index >= 15 is 0 Å². The fraction of sp³-hybridized carbons (Fsp3) is 1.00. The summed E-state index contributed by atoms with van der Waals surface area (Å²) >= 11 is 0. The normalized spacial score (nSPS) is 42.0. The Labute approximate surface area is 86.5 Å². The van der Waals surface area contributed by atoms with E-state index in [9.17, 15) is 5.11 Å². The van der Waals surface area contributed by atoms with Crippen LogP contribution in [0.25, 0.3) is 0 Å². The van der Waals surface area contributed by atoms with Crippen LogP contribution >= 0.6 is 0 Å². The summed E-state index contributed by atoms with van der Waals surface area (Å²) in [6.45, 7) is 3.99. The van der Waals surface area contributed by atoms with Crippen LogP contribution in [0.1, 0.15) is 32.6 Å². The third-order valence-electron chi connectivity index (χ3n) is 3.69. The van der Waals surface area contributed by atoms with Gasteiger partial charge in [0.2, 0.25) is 0 Å². The third-order valence-corrected chi connectivity index (χ3v) is 3.69. The molecule has 2 unspecified atom stereocenters. The molecule has 2 aliphatic heterocycles. The van der Waals surface area contributed by atoms with Crippen molar-refractivity contribution in [1.82, 2.24) is 10.2 Å². The van der Waals surface area contributed by atoms with Gasteiger partial charge in [0.25, 0.3) is 0 Å². The lowest BCUT2D eigenvalue weighted by molar-refractivity contribution is -0.0287. The molecule has 2 saturated heterocycles. The van der Waals surface area contributed by atoms with Crippen LogP contribution in [0.4, 0.5) is 0 Å². The summed E-state index contributed by atoms with van der Waals surface area (Å²) in [6.07, 6.45) is 4.38. The minimum atomic E-state index is -0.429. The van der Waals surface area contributed by atoms with Crippen LogP contribution in [0.3, 0.4) is 0 Å². The number of aliphatic hydroxyl groups is 1. The zero-order valence-corrected chi connectivity index (χ0v) is 9.29. The molecule has 0 amide bonds. The molecule has 0 aromatic rings. The lowest BCUT2D eigenvalue weighted by atomic mass is 9.87. The van der Waals surface area contributed by atoms with Crippen molar-refractivity contribution in [3.8, 4) is 0 Å². The minimum Gasteiger partial charge on any atom is -0.388 e. The van der Waals surface area contributed by atoms with Crippen molar-refractivity contribution in [2.75, 3.05) is 20.1 Å². The summed E-state index contributed by atoms with van der Waals surface area (Å²) in [7, 11) is 2.09. The predicted molar refractivity (Wildman–Crippen MR) is 57.3 cm³/mol. The van der Waals surface area contributed by atoms with Crippen LogP contribution in [0.5, 0.6) is 0 Å². The quantitative estimate of drug-likeness (QED) is 0.696. The van der Waals surface area contributed by atoms with Gasteiger partial charge >= 0.3 is 0 Å². The number of nitrogens with one attached hydrogen (secondary N) is 1. The zero-order chi connectivity index (χ0) is 10.2. The molecule has 2 bridgehead atoms. The van der Waals surface area contributed by atoms with Crippen LogP contribution in [-0.2, 0) is 0 Å². The molecular formula is C11H22N2O. The molecule has 3 heteroatoms. The van der Waals surface area contributed by atoms with E-state index in [1.807, 2.05) is 0 Å². The van der Waals surface area contributed by atoms with Gasteiger partial charge in [-0.25, -0.2) is 0 Å². The van der Waals surface area contributed by atoms with E-state index in [1.165, 1.54) is 12.8 Å². The first kappa shape index (κ1) is 10.4. The fourth-order valence-electron chi connectivity index (χ4n) is 2.97. The van der Waals surface area contributed by atoms with Crippen LogP contribution in [0, 0.1) is 0 Å². The first-order valence-electron chi connectivity index (χ1n) is 5.78. The molecule has 0 radical (unpaired) electrons. The second-order valence-corrected chi connectivity index (χ2v) is 5.10. The Bertz CT molecular complexity index is 195. The summed E-state index contributed by atoms with van der Waals surface area (Å²) < 4.78 is 0. The summed E-state index contributed by atoms with van der Waals surface area (Å²) in [5.74, 6) is 0. The van der Waals surface area contributed by atoms with Gasteiger partial charge in [-0.3, -0.25) is 0 Å². The Hall–Kier alpha value is -0.120. The molecule has 82 valence electrons. The second kappa shape index (κ2) is 3.80. The standard InChI is InChI=1S/C11H22N2O/c1-3-13(2)8-11(14)6-9-4-5-10(7-11)12-9/h9-10,12,14H,3-8H2,1-2H3. The molecule has 2 fully saturated rings. The Morgan fingerprint density at radius 3 is 2.43 bits per heavy atom. The molecule has 0 spiro atoms. The van der Waals surface area contributed by atoms with Crippen LogP contribution in [0.2, 0.25) is 0 Å². The molecule has 2 heterocycles. The topological polar surface area (TPSA) is 35.5 Å². The van der Waals surface area contributed by atoms with Gasteiger partial charge < -0.3 is 15.3 Å². The third kappa shape index (κ3) is 2.10. The molecule has 0 aromatic heterocycles. The number of fused-ring (bicyclic) bond motifs is 2. The highest BCUT2D eigenvalue weighted by molar-refractivity contribution is 5.00. The highest BCUT2D eigenvalue weighted by Crippen LogP contribution is 2.34. The van der Waals surface area contributed by atoms with Gasteiger partial charge in [-0.05, 0) is 39.3 Å². The molecular weight excluding hydrogens is 176 g/mol. The van der Waals surface area contributed by atoms with Gasteiger partial charge in [0.05, 0.1) is 5.60 Å². The summed E-state index contributed by atoms with van der Waals surface area (Å²) in [5, 5.41) is 14.0. The molecule has 0 saturated carbocycles. The van der Waals surface area contributed by atoms with Gasteiger partial charge in [0.1, 0.15) is 0 Å². The lowest BCUT2D eigenvalue weighted by Crippen LogP contribution is -2.53. The number of hydrogen-bond acceptors (Lipinski definition) is 3. The Kier molecular flexibility index (Phi) is 2.82. The van der Waals surface area contributed by atoms with Crippen LogP contribution < -0.4 is 5.32 Å². The smallest absolute Gasteiger partial charge is 0.0803 e. The van der Waals surface area contributed by atoms with E-state index in [1.54, 1.807) is 0 Å². The maximum absolute atomic E-state index is 10.5. The molecule has 14 heavy (non-hydrogen) atoms. The van der Waals surface area contributed by atoms with E-state index in [-0.39, 0.29) is 0 Å². The van der Waals surface area contributed by atoms with Crippen molar-refractivity contribution >= 4 is 0 Å². The molecule has 2 rings (SSSR count).